The molecule has 2 aromatic carbocycles. The Hall–Kier alpha value is -3.42. The van der Waals surface area contributed by atoms with Gasteiger partial charge in [0.05, 0.1) is 5.69 Å². The molecular weight excluding hydrogens is 358 g/mol. The highest BCUT2D eigenvalue weighted by Gasteiger charge is 2.23. The first-order valence-electron chi connectivity index (χ1n) is 8.06. The number of carbonyl (C=O) groups excluding carboxylic acids is 2. The number of benzene rings is 2. The monoisotopic (exact) mass is 374 g/mol. The van der Waals surface area contributed by atoms with Crippen molar-refractivity contribution < 1.29 is 27.8 Å². The van der Waals surface area contributed by atoms with Gasteiger partial charge in [-0.3, -0.25) is 9.59 Å². The van der Waals surface area contributed by atoms with E-state index in [-0.39, 0.29) is 17.6 Å². The highest BCUT2D eigenvalue weighted by molar-refractivity contribution is 6.03. The van der Waals surface area contributed by atoms with Crippen LogP contribution in [-0.2, 0) is 9.59 Å². The molecule has 0 fully saturated rings. The van der Waals surface area contributed by atoms with Gasteiger partial charge in [-0.1, -0.05) is 12.1 Å². The molecular formula is C19H16F2N2O4. The summed E-state index contributed by atoms with van der Waals surface area (Å²) in [6, 6.07) is 10.8. The molecule has 2 N–H and O–H groups in total. The van der Waals surface area contributed by atoms with Gasteiger partial charge in [0, 0.05) is 11.8 Å². The second-order valence-corrected chi connectivity index (χ2v) is 5.73. The van der Waals surface area contributed by atoms with Crippen molar-refractivity contribution in [3.63, 3.8) is 0 Å². The summed E-state index contributed by atoms with van der Waals surface area (Å²) < 4.78 is 33.9. The lowest BCUT2D eigenvalue weighted by Gasteiger charge is -2.23. The number of hydrogen-bond donors (Lipinski definition) is 2. The van der Waals surface area contributed by atoms with Gasteiger partial charge in [0.2, 0.25) is 5.91 Å². The van der Waals surface area contributed by atoms with Crippen LogP contribution in [0.5, 0.6) is 11.5 Å². The average molecular weight is 374 g/mol. The third kappa shape index (κ3) is 4.81. The molecule has 1 unspecified atom stereocenters. The predicted molar refractivity (Wildman–Crippen MR) is 95.9 cm³/mol. The summed E-state index contributed by atoms with van der Waals surface area (Å²) in [6.07, 6.45) is 2.27. The fourth-order valence-corrected chi connectivity index (χ4v) is 2.40. The molecule has 6 nitrogen and oxygen atoms in total. The third-order valence-corrected chi connectivity index (χ3v) is 3.71. The molecule has 0 saturated heterocycles. The van der Waals surface area contributed by atoms with E-state index >= 15 is 0 Å². The Balaban J connectivity index is 1.61. The Morgan fingerprint density at radius 3 is 2.70 bits per heavy atom. The number of carbonyl (C=O) groups is 2. The van der Waals surface area contributed by atoms with Crippen molar-refractivity contribution in [1.82, 2.24) is 0 Å². The lowest BCUT2D eigenvalue weighted by atomic mass is 10.2. The first kappa shape index (κ1) is 18.4. The van der Waals surface area contributed by atoms with Crippen LogP contribution < -0.4 is 20.1 Å². The molecule has 1 heterocycles. The molecule has 1 aliphatic rings. The van der Waals surface area contributed by atoms with E-state index in [1.807, 2.05) is 0 Å². The fourth-order valence-electron chi connectivity index (χ4n) is 2.40. The molecule has 3 rings (SSSR count). The minimum absolute atomic E-state index is 0.0410. The van der Waals surface area contributed by atoms with Gasteiger partial charge >= 0.3 is 6.61 Å². The topological polar surface area (TPSA) is 76.7 Å². The van der Waals surface area contributed by atoms with E-state index in [2.05, 4.69) is 15.4 Å². The van der Waals surface area contributed by atoms with Crippen LogP contribution in [0.4, 0.5) is 20.2 Å². The molecule has 0 radical (unpaired) electrons. The maximum absolute atomic E-state index is 12.1. The molecule has 140 valence electrons. The highest BCUT2D eigenvalue weighted by Crippen LogP contribution is 2.32. The number of rotatable bonds is 5. The average Bonchev–Trinajstić information content (AvgIpc) is 2.62. The molecule has 0 aromatic heterocycles. The molecule has 0 aliphatic carbocycles. The van der Waals surface area contributed by atoms with Crippen molar-refractivity contribution in [2.45, 2.75) is 19.6 Å². The number of fused-ring (bicyclic) bond motifs is 1. The van der Waals surface area contributed by atoms with Crippen LogP contribution in [0, 0.1) is 0 Å². The number of anilines is 2. The third-order valence-electron chi connectivity index (χ3n) is 3.71. The zero-order valence-electron chi connectivity index (χ0n) is 14.2. The quantitative estimate of drug-likeness (QED) is 0.783. The maximum Gasteiger partial charge on any atom is 0.387 e. The molecule has 27 heavy (non-hydrogen) atoms. The molecule has 8 heteroatoms. The van der Waals surface area contributed by atoms with Gasteiger partial charge in [-0.15, -0.1) is 0 Å². The van der Waals surface area contributed by atoms with Crippen LogP contribution >= 0.6 is 0 Å². The Bertz CT molecular complexity index is 882. The van der Waals surface area contributed by atoms with E-state index in [0.717, 1.165) is 0 Å². The first-order valence-corrected chi connectivity index (χ1v) is 8.06. The van der Waals surface area contributed by atoms with E-state index in [0.29, 0.717) is 22.7 Å². The summed E-state index contributed by atoms with van der Waals surface area (Å²) in [6.45, 7) is -1.24. The minimum atomic E-state index is -2.88. The molecule has 0 saturated carbocycles. The van der Waals surface area contributed by atoms with Gasteiger partial charge in [0.1, 0.15) is 11.5 Å². The van der Waals surface area contributed by atoms with E-state index in [1.165, 1.54) is 24.3 Å². The van der Waals surface area contributed by atoms with Gasteiger partial charge in [-0.05, 0) is 48.9 Å². The number of amides is 2. The molecule has 1 aliphatic heterocycles. The van der Waals surface area contributed by atoms with Crippen LogP contribution in [0.2, 0.25) is 0 Å². The summed E-state index contributed by atoms with van der Waals surface area (Å²) in [5, 5.41) is 5.37. The lowest BCUT2D eigenvalue weighted by Crippen LogP contribution is -2.34. The van der Waals surface area contributed by atoms with Gasteiger partial charge in [0.15, 0.2) is 6.10 Å². The van der Waals surface area contributed by atoms with Crippen molar-refractivity contribution in [2.24, 2.45) is 0 Å². The number of nitrogens with one attached hydrogen (secondary N) is 2. The second kappa shape index (κ2) is 7.86. The maximum atomic E-state index is 12.1. The Morgan fingerprint density at radius 2 is 2.00 bits per heavy atom. The highest BCUT2D eigenvalue weighted by atomic mass is 19.3. The lowest BCUT2D eigenvalue weighted by molar-refractivity contribution is -0.122. The van der Waals surface area contributed by atoms with E-state index in [1.54, 1.807) is 37.3 Å². The van der Waals surface area contributed by atoms with Crippen LogP contribution in [0.1, 0.15) is 12.5 Å². The summed E-state index contributed by atoms with van der Waals surface area (Å²) in [5.74, 6) is -0.0783. The van der Waals surface area contributed by atoms with Crippen LogP contribution in [0.15, 0.2) is 48.5 Å². The minimum Gasteiger partial charge on any atom is -0.479 e. The Morgan fingerprint density at radius 1 is 1.26 bits per heavy atom. The standard InChI is InChI=1S/C19H16F2N2O4/c1-11-18(25)23-15-10-13(5-8-16(15)26-11)22-17(24)9-4-12-2-6-14(7-3-12)27-19(20)21/h2-11,19H,1H3,(H,22,24)(H,23,25)/b9-4+. The summed E-state index contributed by atoms with van der Waals surface area (Å²) in [4.78, 5) is 23.7. The van der Waals surface area contributed by atoms with Crippen molar-refractivity contribution in [2.75, 3.05) is 10.6 Å². The van der Waals surface area contributed by atoms with Crippen molar-refractivity contribution in [3.8, 4) is 11.5 Å². The Labute approximate surface area is 153 Å². The molecule has 1 atom stereocenters. The number of hydrogen-bond acceptors (Lipinski definition) is 4. The summed E-state index contributed by atoms with van der Waals surface area (Å²) in [7, 11) is 0. The van der Waals surface area contributed by atoms with Crippen LogP contribution in [0.25, 0.3) is 6.08 Å². The Kier molecular flexibility index (Phi) is 5.35. The number of ether oxygens (including phenoxy) is 2. The van der Waals surface area contributed by atoms with Gasteiger partial charge in [-0.25, -0.2) is 0 Å². The SMILES string of the molecule is CC1Oc2ccc(NC(=O)/C=C/c3ccc(OC(F)F)cc3)cc2NC1=O. The zero-order valence-corrected chi connectivity index (χ0v) is 14.2. The largest absolute Gasteiger partial charge is 0.479 e. The van der Waals surface area contributed by atoms with Crippen molar-refractivity contribution in [3.05, 3.63) is 54.1 Å². The van der Waals surface area contributed by atoms with E-state index in [9.17, 15) is 18.4 Å². The number of halogens is 2. The first-order chi connectivity index (χ1) is 12.9. The van der Waals surface area contributed by atoms with Crippen LogP contribution in [0.3, 0.4) is 0 Å². The van der Waals surface area contributed by atoms with Crippen molar-refractivity contribution in [1.29, 1.82) is 0 Å². The summed E-state index contributed by atoms with van der Waals surface area (Å²) in [5.41, 5.74) is 1.61. The normalized spacial score (nSPS) is 15.9. The van der Waals surface area contributed by atoms with Crippen molar-refractivity contribution >= 4 is 29.3 Å². The predicted octanol–water partition coefficient (Wildman–Crippen LogP) is 3.66. The number of alkyl halides is 2. The van der Waals surface area contributed by atoms with Gasteiger partial charge < -0.3 is 20.1 Å². The molecule has 0 bridgehead atoms. The molecule has 2 aromatic rings. The smallest absolute Gasteiger partial charge is 0.387 e. The fraction of sp³-hybridized carbons (Fsp3) is 0.158. The van der Waals surface area contributed by atoms with Crippen LogP contribution in [-0.4, -0.2) is 24.5 Å². The van der Waals surface area contributed by atoms with E-state index in [4.69, 9.17) is 4.74 Å². The molecule has 0 spiro atoms. The van der Waals surface area contributed by atoms with Gasteiger partial charge in [0.25, 0.3) is 5.91 Å². The second-order valence-electron chi connectivity index (χ2n) is 5.73. The molecule has 2 amide bonds. The zero-order chi connectivity index (χ0) is 19.4. The summed E-state index contributed by atoms with van der Waals surface area (Å²) >= 11 is 0. The van der Waals surface area contributed by atoms with E-state index < -0.39 is 12.7 Å². The van der Waals surface area contributed by atoms with Gasteiger partial charge in [-0.2, -0.15) is 8.78 Å².